The van der Waals surface area contributed by atoms with Gasteiger partial charge in [-0.3, -0.25) is 4.79 Å². The summed E-state index contributed by atoms with van der Waals surface area (Å²) in [5.41, 5.74) is 0. The van der Waals surface area contributed by atoms with E-state index >= 15 is 0 Å². The van der Waals surface area contributed by atoms with E-state index in [1.807, 2.05) is 0 Å². The summed E-state index contributed by atoms with van der Waals surface area (Å²) in [4.78, 5) is 22.0. The Morgan fingerprint density at radius 2 is 2.06 bits per heavy atom. The molecule has 0 aliphatic heterocycles. The Balaban J connectivity index is 4.60. The monoisotopic (exact) mass is 266 g/mol. The fourth-order valence-corrected chi connectivity index (χ4v) is 1.11. The Labute approximate surface area is 102 Å². The van der Waals surface area contributed by atoms with E-state index in [0.29, 0.717) is 0 Å². The van der Waals surface area contributed by atoms with Gasteiger partial charge in [0, 0.05) is 12.5 Å². The van der Waals surface area contributed by atoms with Crippen LogP contribution in [0.25, 0.3) is 0 Å². The Hall–Kier alpha value is -1.91. The zero-order chi connectivity index (χ0) is 14.3. The van der Waals surface area contributed by atoms with Crippen LogP contribution >= 0.6 is 0 Å². The maximum absolute atomic E-state index is 12.2. The average Bonchev–Trinajstić information content (AvgIpc) is 2.13. The first kappa shape index (κ1) is 16.1. The lowest BCUT2D eigenvalue weighted by Gasteiger charge is -2.24. The van der Waals surface area contributed by atoms with Gasteiger partial charge in [-0.05, 0) is 6.92 Å². The Morgan fingerprint density at radius 1 is 1.50 bits per heavy atom. The summed E-state index contributed by atoms with van der Waals surface area (Å²) >= 11 is 0. The minimum atomic E-state index is -4.66. The molecule has 1 unspecified atom stereocenters. The summed E-state index contributed by atoms with van der Waals surface area (Å²) in [7, 11) is 0. The van der Waals surface area contributed by atoms with E-state index in [0.717, 1.165) is 0 Å². The van der Waals surface area contributed by atoms with Gasteiger partial charge in [0.05, 0.1) is 0 Å². The van der Waals surface area contributed by atoms with E-state index in [9.17, 15) is 22.8 Å². The molecule has 0 saturated heterocycles. The van der Waals surface area contributed by atoms with Gasteiger partial charge in [0.15, 0.2) is 0 Å². The molecule has 0 aromatic carbocycles. The highest BCUT2D eigenvalue weighted by atomic mass is 19.4. The number of amides is 2. The third-order valence-electron chi connectivity index (χ3n) is 1.78. The Bertz CT molecular complexity index is 349. The van der Waals surface area contributed by atoms with Crippen LogP contribution in [0, 0.1) is 12.3 Å². The maximum Gasteiger partial charge on any atom is 0.406 e. The number of urea groups is 1. The minimum Gasteiger partial charge on any atom is -0.480 e. The van der Waals surface area contributed by atoms with Gasteiger partial charge in [0.2, 0.25) is 0 Å². The van der Waals surface area contributed by atoms with E-state index in [1.54, 1.807) is 0 Å². The number of carbonyl (C=O) groups is 2. The molecule has 5 nitrogen and oxygen atoms in total. The lowest BCUT2D eigenvalue weighted by Crippen LogP contribution is -2.49. The second-order valence-electron chi connectivity index (χ2n) is 3.62. The van der Waals surface area contributed by atoms with Crippen LogP contribution in [0.5, 0.6) is 0 Å². The van der Waals surface area contributed by atoms with Crippen molar-refractivity contribution in [1.82, 2.24) is 10.2 Å². The van der Waals surface area contributed by atoms with Crippen molar-refractivity contribution in [3.63, 3.8) is 0 Å². The molecule has 8 heteroatoms. The predicted octanol–water partition coefficient (Wildman–Crippen LogP) is 1.06. The quantitative estimate of drug-likeness (QED) is 0.731. The van der Waals surface area contributed by atoms with Gasteiger partial charge in [0.25, 0.3) is 0 Å². The Kier molecular flexibility index (Phi) is 6.02. The van der Waals surface area contributed by atoms with Crippen molar-refractivity contribution in [2.24, 2.45) is 0 Å². The molecule has 0 saturated carbocycles. The number of carboxylic acids is 1. The number of carbonyl (C=O) groups excluding carboxylic acids is 1. The van der Waals surface area contributed by atoms with Crippen LogP contribution < -0.4 is 5.32 Å². The third-order valence-corrected chi connectivity index (χ3v) is 1.78. The number of terminal acetylenes is 1. The summed E-state index contributed by atoms with van der Waals surface area (Å²) < 4.78 is 36.5. The Morgan fingerprint density at radius 3 is 2.44 bits per heavy atom. The molecule has 0 spiro atoms. The van der Waals surface area contributed by atoms with Gasteiger partial charge in [0.1, 0.15) is 13.1 Å². The molecule has 0 aromatic heterocycles. The highest BCUT2D eigenvalue weighted by Gasteiger charge is 2.34. The highest BCUT2D eigenvalue weighted by molar-refractivity contribution is 5.80. The second kappa shape index (κ2) is 6.74. The first-order valence-electron chi connectivity index (χ1n) is 4.93. The van der Waals surface area contributed by atoms with Gasteiger partial charge >= 0.3 is 18.2 Å². The number of hydrogen-bond acceptors (Lipinski definition) is 2. The van der Waals surface area contributed by atoms with Crippen LogP contribution in [0.15, 0.2) is 0 Å². The number of halogens is 3. The van der Waals surface area contributed by atoms with Gasteiger partial charge in [-0.2, -0.15) is 13.2 Å². The van der Waals surface area contributed by atoms with Gasteiger partial charge < -0.3 is 15.3 Å². The topological polar surface area (TPSA) is 69.6 Å². The van der Waals surface area contributed by atoms with Crippen LogP contribution in [0.1, 0.15) is 13.3 Å². The maximum atomic E-state index is 12.2. The van der Waals surface area contributed by atoms with Gasteiger partial charge in [-0.25, -0.2) is 4.79 Å². The molecule has 0 aliphatic rings. The highest BCUT2D eigenvalue weighted by Crippen LogP contribution is 2.16. The van der Waals surface area contributed by atoms with Gasteiger partial charge in [-0.1, -0.05) is 0 Å². The number of aliphatic carboxylic acids is 1. The largest absolute Gasteiger partial charge is 0.480 e. The number of hydrogen-bond donors (Lipinski definition) is 2. The molecule has 0 aliphatic carbocycles. The normalized spacial score (nSPS) is 12.4. The van der Waals surface area contributed by atoms with Crippen molar-refractivity contribution in [2.45, 2.75) is 25.6 Å². The van der Waals surface area contributed by atoms with Gasteiger partial charge in [-0.15, -0.1) is 12.3 Å². The van der Waals surface area contributed by atoms with Crippen LogP contribution in [0.4, 0.5) is 18.0 Å². The average molecular weight is 266 g/mol. The minimum absolute atomic E-state index is 0.138. The fraction of sp³-hybridized carbons (Fsp3) is 0.600. The van der Waals surface area contributed by atoms with Crippen LogP contribution in [-0.2, 0) is 4.79 Å². The summed E-state index contributed by atoms with van der Waals surface area (Å²) in [5.74, 6) is 0.700. The van der Waals surface area contributed by atoms with E-state index in [-0.39, 0.29) is 11.3 Å². The fourth-order valence-electron chi connectivity index (χ4n) is 1.11. The molecule has 102 valence electrons. The molecule has 2 N–H and O–H groups in total. The van der Waals surface area contributed by atoms with Crippen molar-refractivity contribution >= 4 is 12.0 Å². The summed E-state index contributed by atoms with van der Waals surface area (Å²) in [6, 6.07) is -1.65. The molecule has 0 fully saturated rings. The van der Waals surface area contributed by atoms with Crippen molar-refractivity contribution in [3.8, 4) is 12.3 Å². The van der Waals surface area contributed by atoms with Crippen molar-refractivity contribution in [2.75, 3.05) is 13.1 Å². The molecular formula is C10H13F3N2O3. The van der Waals surface area contributed by atoms with Crippen molar-refractivity contribution in [3.05, 3.63) is 0 Å². The number of nitrogens with one attached hydrogen (secondary N) is 1. The molecule has 2 amide bonds. The SMILES string of the molecule is C#CCC(C)NC(=O)N(CC(=O)O)CC(F)(F)F. The zero-order valence-corrected chi connectivity index (χ0v) is 9.62. The lowest BCUT2D eigenvalue weighted by atomic mass is 10.2. The molecule has 0 bridgehead atoms. The zero-order valence-electron chi connectivity index (χ0n) is 9.62. The lowest BCUT2D eigenvalue weighted by molar-refractivity contribution is -0.149. The first-order valence-corrected chi connectivity index (χ1v) is 4.93. The van der Waals surface area contributed by atoms with E-state index in [4.69, 9.17) is 11.5 Å². The van der Waals surface area contributed by atoms with Crippen molar-refractivity contribution < 1.29 is 27.9 Å². The number of rotatable bonds is 5. The molecule has 1 atom stereocenters. The first-order chi connectivity index (χ1) is 8.15. The summed E-state index contributed by atoms with van der Waals surface area (Å²) in [5, 5.41) is 10.6. The number of alkyl halides is 3. The molecule has 0 aromatic rings. The number of carboxylic acid groups (broad SMARTS) is 1. The number of nitrogens with zero attached hydrogens (tertiary/aromatic N) is 1. The molecular weight excluding hydrogens is 253 g/mol. The smallest absolute Gasteiger partial charge is 0.406 e. The molecule has 0 radical (unpaired) electrons. The van der Waals surface area contributed by atoms with Crippen LogP contribution in [-0.4, -0.2) is 47.3 Å². The summed E-state index contributed by atoms with van der Waals surface area (Å²) in [6.07, 6.45) is 0.448. The second-order valence-corrected chi connectivity index (χ2v) is 3.62. The van der Waals surface area contributed by atoms with E-state index in [1.165, 1.54) is 6.92 Å². The molecule has 18 heavy (non-hydrogen) atoms. The van der Waals surface area contributed by atoms with E-state index in [2.05, 4.69) is 11.2 Å². The van der Waals surface area contributed by atoms with E-state index < -0.39 is 37.3 Å². The predicted molar refractivity (Wildman–Crippen MR) is 56.7 cm³/mol. The van der Waals surface area contributed by atoms with Crippen molar-refractivity contribution in [1.29, 1.82) is 0 Å². The third kappa shape index (κ3) is 7.38. The van der Waals surface area contributed by atoms with Crippen LogP contribution in [0.3, 0.4) is 0 Å². The summed E-state index contributed by atoms with van der Waals surface area (Å²) in [6.45, 7) is -1.16. The van der Waals surface area contributed by atoms with Crippen LogP contribution in [0.2, 0.25) is 0 Å². The standard InChI is InChI=1S/C10H13F3N2O3/c1-3-4-7(2)14-9(18)15(5-8(16)17)6-10(11,12)13/h1,7H,4-6H2,2H3,(H,14,18)(H,16,17). The molecule has 0 heterocycles. The molecule has 0 rings (SSSR count).